The number of fused-ring (bicyclic) bond motifs is 1. The van der Waals surface area contributed by atoms with Crippen molar-refractivity contribution in [2.75, 3.05) is 39.5 Å². The summed E-state index contributed by atoms with van der Waals surface area (Å²) in [4.78, 5) is 17.5. The Hall–Kier alpha value is -2.51. The maximum atomic E-state index is 13.4. The lowest BCUT2D eigenvalue weighted by Crippen LogP contribution is -2.51. The monoisotopic (exact) mass is 414 g/mol. The van der Waals surface area contributed by atoms with E-state index in [0.29, 0.717) is 51.9 Å². The number of ether oxygens (including phenoxy) is 3. The van der Waals surface area contributed by atoms with Gasteiger partial charge in [-0.25, -0.2) is 0 Å². The fourth-order valence-electron chi connectivity index (χ4n) is 3.90. The normalized spacial score (nSPS) is 19.1. The summed E-state index contributed by atoms with van der Waals surface area (Å²) in [6.45, 7) is 9.13. The van der Waals surface area contributed by atoms with Gasteiger partial charge < -0.3 is 23.5 Å². The van der Waals surface area contributed by atoms with Crippen LogP contribution in [-0.2, 0) is 22.6 Å². The summed E-state index contributed by atoms with van der Waals surface area (Å²) in [5.74, 6) is 2.79. The smallest absolute Gasteiger partial charge is 0.253 e. The van der Waals surface area contributed by atoms with Gasteiger partial charge in [-0.05, 0) is 35.7 Å². The first-order valence-electron chi connectivity index (χ1n) is 10.6. The van der Waals surface area contributed by atoms with E-state index in [4.69, 9.17) is 18.6 Å². The predicted molar refractivity (Wildman–Crippen MR) is 111 cm³/mol. The second-order valence-electron chi connectivity index (χ2n) is 8.26. The van der Waals surface area contributed by atoms with E-state index in [-0.39, 0.29) is 5.91 Å². The summed E-state index contributed by atoms with van der Waals surface area (Å²) in [5, 5.41) is 0. The lowest BCUT2D eigenvalue weighted by molar-refractivity contribution is -0.151. The van der Waals surface area contributed by atoms with Crippen molar-refractivity contribution >= 4 is 5.91 Å². The first kappa shape index (κ1) is 20.8. The third kappa shape index (κ3) is 5.15. The molecule has 2 aliphatic heterocycles. The molecule has 1 fully saturated rings. The number of nitrogens with zero attached hydrogens (tertiary/aromatic N) is 2. The molecule has 2 aromatic rings. The standard InChI is InChI=1S/C23H30N2O5/c1-17(2)13-25(14-18-5-6-20-21(12-18)30-11-10-29-20)23(26)22-16-24(7-9-28-22)15-19-4-3-8-27-19/h3-6,8,12,17,22H,7,9-11,13-16H2,1-2H3. The van der Waals surface area contributed by atoms with Gasteiger partial charge in [0.2, 0.25) is 0 Å². The Bertz CT molecular complexity index is 836. The Labute approximate surface area is 177 Å². The molecule has 1 unspecified atom stereocenters. The van der Waals surface area contributed by atoms with Crippen LogP contribution >= 0.6 is 0 Å². The van der Waals surface area contributed by atoms with Gasteiger partial charge in [0.1, 0.15) is 25.1 Å². The molecule has 0 spiro atoms. The summed E-state index contributed by atoms with van der Waals surface area (Å²) < 4.78 is 22.6. The van der Waals surface area contributed by atoms with Crippen LogP contribution in [0.4, 0.5) is 0 Å². The van der Waals surface area contributed by atoms with Gasteiger partial charge in [-0.1, -0.05) is 19.9 Å². The molecule has 0 N–H and O–H groups in total. The second-order valence-corrected chi connectivity index (χ2v) is 8.26. The van der Waals surface area contributed by atoms with Crippen molar-refractivity contribution in [2.24, 2.45) is 5.92 Å². The molecule has 1 saturated heterocycles. The average Bonchev–Trinajstić information content (AvgIpc) is 3.25. The Kier molecular flexibility index (Phi) is 6.59. The summed E-state index contributed by atoms with van der Waals surface area (Å²) in [6.07, 6.45) is 1.21. The Morgan fingerprint density at radius 1 is 1.17 bits per heavy atom. The number of rotatable bonds is 7. The average molecular weight is 415 g/mol. The molecule has 0 saturated carbocycles. The van der Waals surface area contributed by atoms with Gasteiger partial charge >= 0.3 is 0 Å². The first-order valence-corrected chi connectivity index (χ1v) is 10.6. The molecule has 1 aromatic heterocycles. The van der Waals surface area contributed by atoms with Gasteiger partial charge in [0, 0.05) is 26.2 Å². The quantitative estimate of drug-likeness (QED) is 0.694. The van der Waals surface area contributed by atoms with Crippen molar-refractivity contribution < 1.29 is 23.4 Å². The Balaban J connectivity index is 1.43. The number of hydrogen-bond donors (Lipinski definition) is 0. The van der Waals surface area contributed by atoms with E-state index in [1.807, 2.05) is 35.2 Å². The number of carbonyl (C=O) groups excluding carboxylic acids is 1. The molecule has 30 heavy (non-hydrogen) atoms. The van der Waals surface area contributed by atoms with Crippen molar-refractivity contribution in [1.29, 1.82) is 0 Å². The van der Waals surface area contributed by atoms with E-state index in [2.05, 4.69) is 18.7 Å². The van der Waals surface area contributed by atoms with E-state index >= 15 is 0 Å². The topological polar surface area (TPSA) is 64.4 Å². The number of carbonyl (C=O) groups is 1. The number of hydrogen-bond acceptors (Lipinski definition) is 6. The molecule has 3 heterocycles. The molecule has 7 nitrogen and oxygen atoms in total. The number of morpholine rings is 1. The second kappa shape index (κ2) is 9.53. The van der Waals surface area contributed by atoms with Crippen molar-refractivity contribution in [1.82, 2.24) is 9.80 Å². The fourth-order valence-corrected chi connectivity index (χ4v) is 3.90. The highest BCUT2D eigenvalue weighted by molar-refractivity contribution is 5.81. The third-order valence-corrected chi connectivity index (χ3v) is 5.26. The molecule has 0 bridgehead atoms. The molecule has 162 valence electrons. The van der Waals surface area contributed by atoms with Crippen LogP contribution in [0, 0.1) is 5.92 Å². The number of amides is 1. The lowest BCUT2D eigenvalue weighted by atomic mass is 10.1. The number of furan rings is 1. The van der Waals surface area contributed by atoms with E-state index in [9.17, 15) is 4.79 Å². The lowest BCUT2D eigenvalue weighted by Gasteiger charge is -2.35. The molecule has 1 aromatic carbocycles. The van der Waals surface area contributed by atoms with Crippen molar-refractivity contribution in [3.8, 4) is 11.5 Å². The predicted octanol–water partition coefficient (Wildman–Crippen LogP) is 2.94. The molecule has 0 aliphatic carbocycles. The SMILES string of the molecule is CC(C)CN(Cc1ccc2c(c1)OCCO2)C(=O)C1CN(Cc2ccco2)CCO1. The highest BCUT2D eigenvalue weighted by atomic mass is 16.6. The summed E-state index contributed by atoms with van der Waals surface area (Å²) in [6, 6.07) is 9.73. The summed E-state index contributed by atoms with van der Waals surface area (Å²) in [7, 11) is 0. The van der Waals surface area contributed by atoms with Gasteiger partial charge in [-0.2, -0.15) is 0 Å². The van der Waals surface area contributed by atoms with Crippen LogP contribution in [0.1, 0.15) is 25.2 Å². The van der Waals surface area contributed by atoms with E-state index < -0.39 is 6.10 Å². The van der Waals surface area contributed by atoms with Gasteiger partial charge in [0.15, 0.2) is 11.5 Å². The third-order valence-electron chi connectivity index (χ3n) is 5.26. The highest BCUT2D eigenvalue weighted by Crippen LogP contribution is 2.31. The van der Waals surface area contributed by atoms with Gasteiger partial charge in [-0.3, -0.25) is 9.69 Å². The zero-order chi connectivity index (χ0) is 20.9. The Morgan fingerprint density at radius 2 is 2.00 bits per heavy atom. The van der Waals surface area contributed by atoms with Gasteiger partial charge in [0.25, 0.3) is 5.91 Å². The van der Waals surface area contributed by atoms with Crippen molar-refractivity contribution in [3.63, 3.8) is 0 Å². The maximum Gasteiger partial charge on any atom is 0.253 e. The van der Waals surface area contributed by atoms with E-state index in [0.717, 1.165) is 29.4 Å². The van der Waals surface area contributed by atoms with E-state index in [1.54, 1.807) is 6.26 Å². The minimum atomic E-state index is -0.468. The van der Waals surface area contributed by atoms with Crippen LogP contribution in [0.2, 0.25) is 0 Å². The van der Waals surface area contributed by atoms with Crippen LogP contribution in [0.3, 0.4) is 0 Å². The van der Waals surface area contributed by atoms with Crippen LogP contribution < -0.4 is 9.47 Å². The van der Waals surface area contributed by atoms with Crippen LogP contribution in [-0.4, -0.2) is 61.3 Å². The maximum absolute atomic E-state index is 13.4. The van der Waals surface area contributed by atoms with Crippen molar-refractivity contribution in [3.05, 3.63) is 47.9 Å². The van der Waals surface area contributed by atoms with Crippen molar-refractivity contribution in [2.45, 2.75) is 33.0 Å². The molecule has 1 atom stereocenters. The first-order chi connectivity index (χ1) is 14.6. The van der Waals surface area contributed by atoms with Crippen LogP contribution in [0.5, 0.6) is 11.5 Å². The van der Waals surface area contributed by atoms with Gasteiger partial charge in [0.05, 0.1) is 19.4 Å². The molecule has 0 radical (unpaired) electrons. The van der Waals surface area contributed by atoms with Crippen LogP contribution in [0.15, 0.2) is 41.0 Å². The number of benzene rings is 1. The zero-order valence-electron chi connectivity index (χ0n) is 17.7. The Morgan fingerprint density at radius 3 is 2.77 bits per heavy atom. The van der Waals surface area contributed by atoms with Crippen LogP contribution in [0.25, 0.3) is 0 Å². The molecule has 4 rings (SSSR count). The molecule has 2 aliphatic rings. The molecule has 7 heteroatoms. The highest BCUT2D eigenvalue weighted by Gasteiger charge is 2.31. The molecular weight excluding hydrogens is 384 g/mol. The van der Waals surface area contributed by atoms with E-state index in [1.165, 1.54) is 0 Å². The summed E-state index contributed by atoms with van der Waals surface area (Å²) >= 11 is 0. The fraction of sp³-hybridized carbons (Fsp3) is 0.522. The summed E-state index contributed by atoms with van der Waals surface area (Å²) in [5.41, 5.74) is 1.02. The largest absolute Gasteiger partial charge is 0.486 e. The van der Waals surface area contributed by atoms with Gasteiger partial charge in [-0.15, -0.1) is 0 Å². The minimum absolute atomic E-state index is 0.0303. The minimum Gasteiger partial charge on any atom is -0.486 e. The zero-order valence-corrected chi connectivity index (χ0v) is 17.7. The molecule has 1 amide bonds. The molecular formula is C23H30N2O5.